The van der Waals surface area contributed by atoms with Crippen molar-refractivity contribution in [3.8, 4) is 5.75 Å². The van der Waals surface area contributed by atoms with Gasteiger partial charge in [-0.2, -0.15) is 0 Å². The number of hydrogen-bond donors (Lipinski definition) is 1. The minimum atomic E-state index is -0.553. The van der Waals surface area contributed by atoms with Gasteiger partial charge >= 0.3 is 6.73 Å². The predicted molar refractivity (Wildman–Crippen MR) is 62.7 cm³/mol. The molecule has 0 atom stereocenters. The molecule has 17 heavy (non-hydrogen) atoms. The Labute approximate surface area is 97.8 Å². The van der Waals surface area contributed by atoms with Crippen LogP contribution in [0.4, 0.5) is 0 Å². The Balaban J connectivity index is 2.38. The van der Waals surface area contributed by atoms with Gasteiger partial charge in [0.05, 0.1) is 10.4 Å². The lowest BCUT2D eigenvalue weighted by molar-refractivity contribution is -0.514. The summed E-state index contributed by atoms with van der Waals surface area (Å²) >= 11 is 0. The average Bonchev–Trinajstić information content (AvgIpc) is 2.70. The molecule has 0 aliphatic rings. The first-order valence-corrected chi connectivity index (χ1v) is 5.31. The third-order valence-electron chi connectivity index (χ3n) is 2.37. The molecule has 0 spiro atoms. The molecule has 0 saturated carbocycles. The standard InChI is InChI=1S/C11H13N3O3/c1-7(2)11-12-8-4-3-5-9(10(8)13-11)17-6-14(15)16/h3-5,7H,6H2,1-2H3,(H,12,13). The Kier molecular flexibility index (Phi) is 2.95. The first kappa shape index (κ1) is 11.4. The molecular weight excluding hydrogens is 222 g/mol. The number of hydrogen-bond acceptors (Lipinski definition) is 4. The summed E-state index contributed by atoms with van der Waals surface area (Å²) in [5.41, 5.74) is 1.47. The van der Waals surface area contributed by atoms with Gasteiger partial charge in [0.15, 0.2) is 5.75 Å². The zero-order chi connectivity index (χ0) is 12.4. The summed E-state index contributed by atoms with van der Waals surface area (Å²) in [5, 5.41) is 10.3. The number of aromatic nitrogens is 2. The van der Waals surface area contributed by atoms with Gasteiger partial charge in [-0.1, -0.05) is 19.9 Å². The number of para-hydroxylation sites is 1. The SMILES string of the molecule is CC(C)c1nc2c(OC[N+](=O)[O-])cccc2[nH]1. The Morgan fingerprint density at radius 3 is 2.94 bits per heavy atom. The van der Waals surface area contributed by atoms with Crippen LogP contribution in [0.1, 0.15) is 25.6 Å². The molecule has 0 fully saturated rings. The number of benzene rings is 1. The van der Waals surface area contributed by atoms with E-state index in [2.05, 4.69) is 9.97 Å². The van der Waals surface area contributed by atoms with E-state index >= 15 is 0 Å². The average molecular weight is 235 g/mol. The summed E-state index contributed by atoms with van der Waals surface area (Å²) < 4.78 is 5.09. The van der Waals surface area contributed by atoms with E-state index in [4.69, 9.17) is 4.74 Å². The van der Waals surface area contributed by atoms with Gasteiger partial charge in [-0.05, 0) is 12.1 Å². The molecule has 0 radical (unpaired) electrons. The second-order valence-electron chi connectivity index (χ2n) is 4.04. The Morgan fingerprint density at radius 1 is 1.53 bits per heavy atom. The zero-order valence-electron chi connectivity index (χ0n) is 9.64. The van der Waals surface area contributed by atoms with Gasteiger partial charge in [-0.3, -0.25) is 10.1 Å². The van der Waals surface area contributed by atoms with Crippen LogP contribution in [-0.4, -0.2) is 21.6 Å². The van der Waals surface area contributed by atoms with E-state index in [0.717, 1.165) is 11.3 Å². The highest BCUT2D eigenvalue weighted by Gasteiger charge is 2.11. The first-order valence-electron chi connectivity index (χ1n) is 5.31. The number of nitro groups is 1. The number of H-pyrrole nitrogens is 1. The molecule has 0 amide bonds. The molecule has 1 aromatic heterocycles. The number of nitrogens with zero attached hydrogens (tertiary/aromatic N) is 2. The largest absolute Gasteiger partial charge is 0.430 e. The van der Waals surface area contributed by atoms with E-state index in [1.807, 2.05) is 19.9 Å². The zero-order valence-corrected chi connectivity index (χ0v) is 9.64. The highest BCUT2D eigenvalue weighted by atomic mass is 16.7. The molecule has 90 valence electrons. The molecule has 1 aromatic carbocycles. The van der Waals surface area contributed by atoms with Crippen LogP contribution < -0.4 is 4.74 Å². The van der Waals surface area contributed by atoms with Crippen molar-refractivity contribution >= 4 is 11.0 Å². The van der Waals surface area contributed by atoms with Crippen LogP contribution in [0.5, 0.6) is 5.75 Å². The fraction of sp³-hybridized carbons (Fsp3) is 0.364. The number of imidazole rings is 1. The van der Waals surface area contributed by atoms with Crippen LogP contribution in [0, 0.1) is 10.1 Å². The van der Waals surface area contributed by atoms with Gasteiger partial charge in [0.25, 0.3) is 0 Å². The molecule has 1 N–H and O–H groups in total. The summed E-state index contributed by atoms with van der Waals surface area (Å²) in [6.07, 6.45) is 0. The lowest BCUT2D eigenvalue weighted by Gasteiger charge is -2.00. The molecule has 0 aliphatic heterocycles. The van der Waals surface area contributed by atoms with Crippen molar-refractivity contribution in [1.29, 1.82) is 0 Å². The van der Waals surface area contributed by atoms with E-state index < -0.39 is 11.7 Å². The highest BCUT2D eigenvalue weighted by Crippen LogP contribution is 2.25. The normalized spacial score (nSPS) is 11.0. The number of aromatic amines is 1. The van der Waals surface area contributed by atoms with Crippen molar-refractivity contribution in [2.75, 3.05) is 6.73 Å². The maximum Gasteiger partial charge on any atom is 0.344 e. The van der Waals surface area contributed by atoms with Gasteiger partial charge in [0, 0.05) is 5.92 Å². The maximum absolute atomic E-state index is 10.3. The second-order valence-corrected chi connectivity index (χ2v) is 4.04. The molecule has 1 heterocycles. The lowest BCUT2D eigenvalue weighted by Crippen LogP contribution is -2.08. The van der Waals surface area contributed by atoms with Crippen LogP contribution in [-0.2, 0) is 0 Å². The summed E-state index contributed by atoms with van der Waals surface area (Å²) in [6.45, 7) is 3.49. The van der Waals surface area contributed by atoms with Crippen LogP contribution >= 0.6 is 0 Å². The molecule has 2 rings (SSSR count). The fourth-order valence-corrected chi connectivity index (χ4v) is 1.54. The third kappa shape index (κ3) is 2.35. The maximum atomic E-state index is 10.3. The van der Waals surface area contributed by atoms with Crippen molar-refractivity contribution in [2.45, 2.75) is 19.8 Å². The van der Waals surface area contributed by atoms with Crippen LogP contribution in [0.15, 0.2) is 18.2 Å². The number of nitrogens with one attached hydrogen (secondary N) is 1. The summed E-state index contributed by atoms with van der Waals surface area (Å²) in [4.78, 5) is 17.3. The second kappa shape index (κ2) is 4.40. The Bertz CT molecular complexity index is 548. The van der Waals surface area contributed by atoms with Gasteiger partial charge in [-0.25, -0.2) is 4.98 Å². The quantitative estimate of drug-likeness (QED) is 0.501. The van der Waals surface area contributed by atoms with Crippen LogP contribution in [0.3, 0.4) is 0 Å². The van der Waals surface area contributed by atoms with Crippen molar-refractivity contribution in [1.82, 2.24) is 9.97 Å². The number of fused-ring (bicyclic) bond motifs is 1. The van der Waals surface area contributed by atoms with Crippen LogP contribution in [0.2, 0.25) is 0 Å². The fourth-order valence-electron chi connectivity index (χ4n) is 1.54. The van der Waals surface area contributed by atoms with E-state index in [-0.39, 0.29) is 5.92 Å². The summed E-state index contributed by atoms with van der Waals surface area (Å²) in [7, 11) is 0. The predicted octanol–water partition coefficient (Wildman–Crippen LogP) is 2.30. The van der Waals surface area contributed by atoms with Gasteiger partial charge in [0.1, 0.15) is 11.3 Å². The Hall–Kier alpha value is -2.11. The Morgan fingerprint density at radius 2 is 2.29 bits per heavy atom. The third-order valence-corrected chi connectivity index (χ3v) is 2.37. The van der Waals surface area contributed by atoms with Gasteiger partial charge in [-0.15, -0.1) is 0 Å². The number of ether oxygens (including phenoxy) is 1. The molecule has 0 saturated heterocycles. The molecular formula is C11H13N3O3. The first-order chi connectivity index (χ1) is 8.08. The van der Waals surface area contributed by atoms with Gasteiger partial charge in [0.2, 0.25) is 0 Å². The van der Waals surface area contributed by atoms with Crippen molar-refractivity contribution in [3.63, 3.8) is 0 Å². The van der Waals surface area contributed by atoms with E-state index in [1.165, 1.54) is 0 Å². The molecule has 2 aromatic rings. The minimum Gasteiger partial charge on any atom is -0.430 e. The topological polar surface area (TPSA) is 81.1 Å². The molecule has 6 nitrogen and oxygen atoms in total. The number of rotatable bonds is 4. The van der Waals surface area contributed by atoms with Crippen molar-refractivity contribution in [2.24, 2.45) is 0 Å². The lowest BCUT2D eigenvalue weighted by atomic mass is 10.2. The van der Waals surface area contributed by atoms with Crippen molar-refractivity contribution < 1.29 is 9.66 Å². The monoisotopic (exact) mass is 235 g/mol. The summed E-state index contributed by atoms with van der Waals surface area (Å²) in [6, 6.07) is 5.32. The summed E-state index contributed by atoms with van der Waals surface area (Å²) in [5.74, 6) is 1.55. The van der Waals surface area contributed by atoms with E-state index in [9.17, 15) is 10.1 Å². The highest BCUT2D eigenvalue weighted by molar-refractivity contribution is 5.81. The van der Waals surface area contributed by atoms with Crippen molar-refractivity contribution in [3.05, 3.63) is 34.1 Å². The van der Waals surface area contributed by atoms with Gasteiger partial charge < -0.3 is 9.72 Å². The molecule has 0 unspecified atom stereocenters. The smallest absolute Gasteiger partial charge is 0.344 e. The van der Waals surface area contributed by atoms with Crippen LogP contribution in [0.25, 0.3) is 11.0 Å². The minimum absolute atomic E-state index is 0.269. The molecule has 0 bridgehead atoms. The van der Waals surface area contributed by atoms with E-state index in [0.29, 0.717) is 11.3 Å². The molecule has 0 aliphatic carbocycles. The molecule has 6 heteroatoms. The van der Waals surface area contributed by atoms with E-state index in [1.54, 1.807) is 12.1 Å².